The Morgan fingerprint density at radius 1 is 1.12 bits per heavy atom. The first kappa shape index (κ1) is 17.5. The molecule has 2 fully saturated rings. The Bertz CT molecular complexity index is 753. The Labute approximate surface area is 146 Å². The summed E-state index contributed by atoms with van der Waals surface area (Å²) in [6.45, 7) is 0.0210. The number of esters is 1. The van der Waals surface area contributed by atoms with Crippen LogP contribution >= 0.6 is 0 Å². The monoisotopic (exact) mass is 365 g/mol. The van der Waals surface area contributed by atoms with Gasteiger partial charge in [-0.1, -0.05) is 0 Å². The molecule has 3 rings (SSSR count). The molecule has 3 atom stereocenters. The number of non-ortho nitro benzene ring substituents is 1. The van der Waals surface area contributed by atoms with E-state index in [1.165, 1.54) is 12.1 Å². The number of ether oxygens (including phenoxy) is 1. The standard InChI is InChI=1S/C15H15N3O8/c19-13(8-1-3-9(4-2-8)18(24)25)26-11-7-17(15(22)23)10-5-6-16(12(10)11)14(20)21/h1-4,10-12H,5-7H2,(H,20,21)(H,22,23). The van der Waals surface area contributed by atoms with Gasteiger partial charge < -0.3 is 14.9 Å². The van der Waals surface area contributed by atoms with Crippen molar-refractivity contribution in [2.45, 2.75) is 24.6 Å². The largest absolute Gasteiger partial charge is 0.465 e. The average Bonchev–Trinajstić information content (AvgIpc) is 3.16. The first-order chi connectivity index (χ1) is 12.3. The van der Waals surface area contributed by atoms with Crippen molar-refractivity contribution in [3.05, 3.63) is 39.9 Å². The first-order valence-corrected chi connectivity index (χ1v) is 7.74. The van der Waals surface area contributed by atoms with Crippen LogP contribution in [-0.2, 0) is 4.74 Å². The van der Waals surface area contributed by atoms with Gasteiger partial charge >= 0.3 is 18.2 Å². The van der Waals surface area contributed by atoms with Crippen LogP contribution in [0, 0.1) is 10.1 Å². The molecule has 0 aliphatic carbocycles. The second-order valence-electron chi connectivity index (χ2n) is 6.01. The van der Waals surface area contributed by atoms with Gasteiger partial charge in [0.25, 0.3) is 5.69 Å². The molecule has 0 spiro atoms. The van der Waals surface area contributed by atoms with E-state index < -0.39 is 41.3 Å². The number of carboxylic acid groups (broad SMARTS) is 2. The van der Waals surface area contributed by atoms with E-state index in [1.807, 2.05) is 0 Å². The van der Waals surface area contributed by atoms with Gasteiger partial charge in [0.1, 0.15) is 6.10 Å². The van der Waals surface area contributed by atoms with Gasteiger partial charge in [0.15, 0.2) is 0 Å². The minimum absolute atomic E-state index is 0.0563. The van der Waals surface area contributed by atoms with Crippen LogP contribution in [-0.4, -0.2) is 74.4 Å². The van der Waals surface area contributed by atoms with Crippen molar-refractivity contribution in [2.24, 2.45) is 0 Å². The minimum Gasteiger partial charge on any atom is -0.465 e. The Kier molecular flexibility index (Phi) is 4.36. The van der Waals surface area contributed by atoms with Gasteiger partial charge in [-0.3, -0.25) is 19.9 Å². The smallest absolute Gasteiger partial charge is 0.407 e. The second kappa shape index (κ2) is 6.50. The predicted octanol–water partition coefficient (Wildman–Crippen LogP) is 1.23. The highest BCUT2D eigenvalue weighted by atomic mass is 16.6. The maximum atomic E-state index is 12.3. The molecule has 2 aliphatic heterocycles. The summed E-state index contributed by atoms with van der Waals surface area (Å²) in [5, 5.41) is 29.2. The third-order valence-electron chi connectivity index (χ3n) is 4.64. The Morgan fingerprint density at radius 2 is 1.73 bits per heavy atom. The van der Waals surface area contributed by atoms with Crippen molar-refractivity contribution in [2.75, 3.05) is 13.1 Å². The predicted molar refractivity (Wildman–Crippen MR) is 84.0 cm³/mol. The number of carbonyl (C=O) groups excluding carboxylic acids is 1. The highest BCUT2D eigenvalue weighted by Gasteiger charge is 2.53. The van der Waals surface area contributed by atoms with Crippen molar-refractivity contribution >= 4 is 23.8 Å². The lowest BCUT2D eigenvalue weighted by Gasteiger charge is -2.25. The van der Waals surface area contributed by atoms with Crippen molar-refractivity contribution < 1.29 is 34.3 Å². The average molecular weight is 365 g/mol. The summed E-state index contributed by atoms with van der Waals surface area (Å²) in [5.41, 5.74) is -0.131. The van der Waals surface area contributed by atoms with E-state index in [9.17, 15) is 34.7 Å². The van der Waals surface area contributed by atoms with E-state index in [1.54, 1.807) is 0 Å². The third kappa shape index (κ3) is 2.98. The number of rotatable bonds is 3. The van der Waals surface area contributed by atoms with Crippen LogP contribution in [0.2, 0.25) is 0 Å². The molecule has 2 aliphatic rings. The molecule has 11 heteroatoms. The number of fused-ring (bicyclic) bond motifs is 1. The molecule has 0 radical (unpaired) electrons. The topological polar surface area (TPSA) is 151 Å². The molecule has 3 unspecified atom stereocenters. The molecule has 2 heterocycles. The van der Waals surface area contributed by atoms with E-state index in [2.05, 4.69) is 0 Å². The number of nitrogens with zero attached hydrogens (tertiary/aromatic N) is 3. The van der Waals surface area contributed by atoms with Crippen LogP contribution in [0.5, 0.6) is 0 Å². The molecule has 0 aromatic heterocycles. The summed E-state index contributed by atoms with van der Waals surface area (Å²) in [6.07, 6.45) is -3.03. The van der Waals surface area contributed by atoms with E-state index in [-0.39, 0.29) is 24.3 Å². The number of carbonyl (C=O) groups is 3. The van der Waals surface area contributed by atoms with E-state index in [0.29, 0.717) is 6.42 Å². The van der Waals surface area contributed by atoms with E-state index in [4.69, 9.17) is 4.74 Å². The highest BCUT2D eigenvalue weighted by molar-refractivity contribution is 5.90. The van der Waals surface area contributed by atoms with Crippen LogP contribution in [0.4, 0.5) is 15.3 Å². The summed E-state index contributed by atoms with van der Waals surface area (Å²) in [4.78, 5) is 47.3. The molecule has 2 N–H and O–H groups in total. The second-order valence-corrected chi connectivity index (χ2v) is 6.01. The van der Waals surface area contributed by atoms with E-state index >= 15 is 0 Å². The number of benzene rings is 1. The fraction of sp³-hybridized carbons (Fsp3) is 0.400. The number of nitro groups is 1. The maximum absolute atomic E-state index is 12.3. The van der Waals surface area contributed by atoms with Crippen LogP contribution in [0.3, 0.4) is 0 Å². The fourth-order valence-electron chi connectivity index (χ4n) is 3.50. The number of nitro benzene ring substituents is 1. The number of likely N-dealkylation sites (tertiary alicyclic amines) is 2. The van der Waals surface area contributed by atoms with Gasteiger partial charge in [-0.2, -0.15) is 0 Å². The lowest BCUT2D eigenvalue weighted by atomic mass is 10.1. The molecule has 138 valence electrons. The maximum Gasteiger partial charge on any atom is 0.407 e. The van der Waals surface area contributed by atoms with Crippen LogP contribution in [0.1, 0.15) is 16.8 Å². The zero-order chi connectivity index (χ0) is 19.0. The SMILES string of the molecule is O=C(OC1CN(C(=O)O)C2CCN(C(=O)O)C12)c1ccc([N+](=O)[O-])cc1. The summed E-state index contributed by atoms with van der Waals surface area (Å²) in [5.74, 6) is -0.798. The van der Waals surface area contributed by atoms with Crippen LogP contribution in [0.25, 0.3) is 0 Å². The summed E-state index contributed by atoms with van der Waals surface area (Å²) in [7, 11) is 0. The third-order valence-corrected chi connectivity index (χ3v) is 4.64. The first-order valence-electron chi connectivity index (χ1n) is 7.74. The van der Waals surface area contributed by atoms with Crippen molar-refractivity contribution in [1.82, 2.24) is 9.80 Å². The van der Waals surface area contributed by atoms with Gasteiger partial charge in [0.2, 0.25) is 0 Å². The lowest BCUT2D eigenvalue weighted by Crippen LogP contribution is -2.45. The molecule has 2 amide bonds. The van der Waals surface area contributed by atoms with Gasteiger partial charge in [-0.15, -0.1) is 0 Å². The van der Waals surface area contributed by atoms with Crippen molar-refractivity contribution in [3.8, 4) is 0 Å². The molecular formula is C15H15N3O8. The zero-order valence-electron chi connectivity index (χ0n) is 13.3. The molecular weight excluding hydrogens is 350 g/mol. The molecule has 2 saturated heterocycles. The van der Waals surface area contributed by atoms with E-state index in [0.717, 1.165) is 21.9 Å². The molecule has 1 aromatic rings. The molecule has 1 aromatic carbocycles. The number of hydrogen-bond donors (Lipinski definition) is 2. The number of hydrogen-bond acceptors (Lipinski definition) is 6. The lowest BCUT2D eigenvalue weighted by molar-refractivity contribution is -0.384. The summed E-state index contributed by atoms with van der Waals surface area (Å²) < 4.78 is 5.35. The van der Waals surface area contributed by atoms with Gasteiger partial charge in [-0.05, 0) is 18.6 Å². The number of amides is 2. The summed E-state index contributed by atoms with van der Waals surface area (Å²) >= 11 is 0. The van der Waals surface area contributed by atoms with Gasteiger partial charge in [0.05, 0.1) is 29.1 Å². The van der Waals surface area contributed by atoms with Gasteiger partial charge in [-0.25, -0.2) is 14.4 Å². The molecule has 0 bridgehead atoms. The Hall–Kier alpha value is -3.37. The molecule has 0 saturated carbocycles. The minimum atomic E-state index is -1.21. The normalized spacial score (nSPS) is 24.2. The molecule has 26 heavy (non-hydrogen) atoms. The highest BCUT2D eigenvalue weighted by Crippen LogP contribution is 2.34. The van der Waals surface area contributed by atoms with Crippen LogP contribution in [0.15, 0.2) is 24.3 Å². The summed E-state index contributed by atoms with van der Waals surface area (Å²) in [6, 6.07) is 3.41. The van der Waals surface area contributed by atoms with Crippen molar-refractivity contribution in [3.63, 3.8) is 0 Å². The Balaban J connectivity index is 1.78. The zero-order valence-corrected chi connectivity index (χ0v) is 13.3. The fourth-order valence-corrected chi connectivity index (χ4v) is 3.50. The van der Waals surface area contributed by atoms with Crippen molar-refractivity contribution in [1.29, 1.82) is 0 Å². The van der Waals surface area contributed by atoms with Gasteiger partial charge in [0, 0.05) is 18.7 Å². The Morgan fingerprint density at radius 3 is 2.27 bits per heavy atom. The quantitative estimate of drug-likeness (QED) is 0.461. The molecule has 11 nitrogen and oxygen atoms in total. The van der Waals surface area contributed by atoms with Crippen LogP contribution < -0.4 is 0 Å².